The van der Waals surface area contributed by atoms with E-state index in [1.54, 1.807) is 21.3 Å². The van der Waals surface area contributed by atoms with E-state index < -0.39 is 0 Å². The highest BCUT2D eigenvalue weighted by atomic mass is 16.5. The number of pyridine rings is 2. The first-order chi connectivity index (χ1) is 15.7. The molecule has 1 N–H and O–H groups in total. The number of rotatable bonds is 5. The molecule has 0 bridgehead atoms. The second-order valence-electron chi connectivity index (χ2n) is 8.95. The average Bonchev–Trinajstić information content (AvgIpc) is 3.43. The molecule has 1 fully saturated rings. The van der Waals surface area contributed by atoms with E-state index in [1.807, 2.05) is 6.20 Å². The Hall–Kier alpha value is -3.04. The van der Waals surface area contributed by atoms with E-state index in [0.29, 0.717) is 23.8 Å². The van der Waals surface area contributed by atoms with Crippen molar-refractivity contribution in [1.82, 2.24) is 29.3 Å². The highest BCUT2D eigenvalue weighted by Crippen LogP contribution is 2.25. The van der Waals surface area contributed by atoms with Crippen molar-refractivity contribution < 1.29 is 4.74 Å². The lowest BCUT2D eigenvalue weighted by Crippen LogP contribution is -2.44. The minimum absolute atomic E-state index is 0.0366. The van der Waals surface area contributed by atoms with Gasteiger partial charge in [0.1, 0.15) is 16.9 Å². The first-order valence-electron chi connectivity index (χ1n) is 11.3. The van der Waals surface area contributed by atoms with Crippen molar-refractivity contribution >= 4 is 11.2 Å². The molecular formula is C23H26N6O3. The lowest BCUT2D eigenvalue weighted by molar-refractivity contribution is 0.171. The summed E-state index contributed by atoms with van der Waals surface area (Å²) in [6.45, 7) is 4.75. The number of likely N-dealkylation sites (tertiary alicyclic amines) is 1. The smallest absolute Gasteiger partial charge is 0.270 e. The van der Waals surface area contributed by atoms with Crippen molar-refractivity contribution in [3.8, 4) is 5.75 Å². The lowest BCUT2D eigenvalue weighted by atomic mass is 10.0. The van der Waals surface area contributed by atoms with Crippen LogP contribution in [-0.2, 0) is 19.5 Å². The van der Waals surface area contributed by atoms with Gasteiger partial charge < -0.3 is 15.0 Å². The summed E-state index contributed by atoms with van der Waals surface area (Å²) >= 11 is 0. The summed E-state index contributed by atoms with van der Waals surface area (Å²) in [5, 5.41) is 3.65. The minimum atomic E-state index is -0.144. The van der Waals surface area contributed by atoms with E-state index in [4.69, 9.17) is 4.74 Å². The molecule has 0 saturated carbocycles. The van der Waals surface area contributed by atoms with Crippen LogP contribution in [0.5, 0.6) is 5.75 Å². The number of ether oxygens (including phenoxy) is 1. The van der Waals surface area contributed by atoms with Gasteiger partial charge in [0.05, 0.1) is 30.7 Å². The zero-order valence-electron chi connectivity index (χ0n) is 17.9. The van der Waals surface area contributed by atoms with Gasteiger partial charge in [-0.2, -0.15) is 0 Å². The fourth-order valence-corrected chi connectivity index (χ4v) is 5.26. The predicted molar refractivity (Wildman–Crippen MR) is 119 cm³/mol. The fraction of sp³-hybridized carbons (Fsp3) is 0.478. The van der Waals surface area contributed by atoms with Crippen molar-refractivity contribution in [3.05, 3.63) is 62.6 Å². The van der Waals surface area contributed by atoms with Crippen LogP contribution in [0.4, 0.5) is 0 Å². The van der Waals surface area contributed by atoms with Gasteiger partial charge in [-0.25, -0.2) is 4.98 Å². The summed E-state index contributed by atoms with van der Waals surface area (Å²) in [6.07, 6.45) is 6.25. The van der Waals surface area contributed by atoms with E-state index in [0.717, 1.165) is 63.5 Å². The summed E-state index contributed by atoms with van der Waals surface area (Å²) in [5.74, 6) is 0.920. The van der Waals surface area contributed by atoms with Crippen LogP contribution in [0.2, 0.25) is 0 Å². The Morgan fingerprint density at radius 2 is 1.97 bits per heavy atom. The van der Waals surface area contributed by atoms with Crippen LogP contribution in [-0.4, -0.2) is 56.3 Å². The molecule has 1 unspecified atom stereocenters. The number of piperidine rings is 1. The predicted octanol–water partition coefficient (Wildman–Crippen LogP) is 0.697. The third kappa shape index (κ3) is 3.41. The molecule has 0 spiro atoms. The molecule has 0 aromatic carbocycles. The highest BCUT2D eigenvalue weighted by molar-refractivity contribution is 5.71. The van der Waals surface area contributed by atoms with E-state index in [-0.39, 0.29) is 17.2 Å². The number of hydrogen-bond donors (Lipinski definition) is 1. The summed E-state index contributed by atoms with van der Waals surface area (Å²) in [7, 11) is 0. The van der Waals surface area contributed by atoms with Gasteiger partial charge in [0, 0.05) is 43.7 Å². The Kier molecular flexibility index (Phi) is 4.80. The molecule has 0 aliphatic carbocycles. The van der Waals surface area contributed by atoms with Gasteiger partial charge in [0.25, 0.3) is 11.1 Å². The van der Waals surface area contributed by atoms with Crippen LogP contribution >= 0.6 is 0 Å². The lowest BCUT2D eigenvalue weighted by Gasteiger charge is -2.34. The molecule has 9 nitrogen and oxygen atoms in total. The maximum absolute atomic E-state index is 12.6. The van der Waals surface area contributed by atoms with Gasteiger partial charge in [0.15, 0.2) is 0 Å². The molecule has 3 aliphatic heterocycles. The number of fused-ring (bicyclic) bond motifs is 1. The summed E-state index contributed by atoms with van der Waals surface area (Å²) in [5.41, 5.74) is 3.45. The summed E-state index contributed by atoms with van der Waals surface area (Å²) in [4.78, 5) is 36.0. The van der Waals surface area contributed by atoms with Gasteiger partial charge in [-0.3, -0.25) is 23.7 Å². The van der Waals surface area contributed by atoms with Gasteiger partial charge in [0.2, 0.25) is 0 Å². The topological polar surface area (TPSA) is 94.3 Å². The Morgan fingerprint density at radius 1 is 1.09 bits per heavy atom. The molecule has 0 radical (unpaired) electrons. The largest absolute Gasteiger partial charge is 0.491 e. The second-order valence-corrected chi connectivity index (χ2v) is 8.95. The highest BCUT2D eigenvalue weighted by Gasteiger charge is 2.29. The van der Waals surface area contributed by atoms with Crippen LogP contribution in [0.25, 0.3) is 11.2 Å². The van der Waals surface area contributed by atoms with Crippen LogP contribution < -0.4 is 21.2 Å². The molecule has 3 aromatic rings. The van der Waals surface area contributed by atoms with Gasteiger partial charge in [-0.1, -0.05) is 0 Å². The molecule has 3 aromatic heterocycles. The van der Waals surface area contributed by atoms with Gasteiger partial charge >= 0.3 is 0 Å². The Balaban J connectivity index is 1.07. The maximum atomic E-state index is 12.6. The normalized spacial score (nSPS) is 20.6. The summed E-state index contributed by atoms with van der Waals surface area (Å²) in [6, 6.07) is 5.82. The molecule has 1 atom stereocenters. The zero-order chi connectivity index (χ0) is 21.7. The first-order valence-corrected chi connectivity index (χ1v) is 11.3. The number of nitrogens with one attached hydrogen (secondary N) is 1. The molecule has 1 saturated heterocycles. The monoisotopic (exact) mass is 434 g/mol. The zero-order valence-corrected chi connectivity index (χ0v) is 17.9. The third-order valence-corrected chi connectivity index (χ3v) is 6.94. The van der Waals surface area contributed by atoms with Crippen LogP contribution in [0, 0.1) is 0 Å². The van der Waals surface area contributed by atoms with Crippen LogP contribution in [0.15, 0.2) is 40.2 Å². The molecule has 6 heterocycles. The van der Waals surface area contributed by atoms with Crippen molar-refractivity contribution in [3.63, 3.8) is 0 Å². The van der Waals surface area contributed by atoms with Crippen LogP contribution in [0.3, 0.4) is 0 Å². The van der Waals surface area contributed by atoms with Gasteiger partial charge in [-0.15, -0.1) is 0 Å². The van der Waals surface area contributed by atoms with E-state index in [1.165, 1.54) is 11.8 Å². The van der Waals surface area contributed by atoms with Gasteiger partial charge in [-0.05, 0) is 38.1 Å². The second kappa shape index (κ2) is 7.83. The third-order valence-electron chi connectivity index (χ3n) is 6.94. The van der Waals surface area contributed by atoms with Crippen molar-refractivity contribution in [1.29, 1.82) is 0 Å². The first kappa shape index (κ1) is 19.6. The number of aromatic nitrogens is 4. The van der Waals surface area contributed by atoms with E-state index >= 15 is 0 Å². The Labute approximate surface area is 184 Å². The fourth-order valence-electron chi connectivity index (χ4n) is 5.26. The number of nitrogens with zero attached hydrogens (tertiary/aromatic N) is 5. The molecule has 32 heavy (non-hydrogen) atoms. The molecule has 6 rings (SSSR count). The standard InChI is InChI=1S/C23H26N6O3/c30-21-2-1-19-23-28(22(31)12-26-19)14-18(29(21)23)13-27-6-3-16(4-7-27)24-10-17-9-15-5-8-32-20(15)11-25-17/h1-2,9,11-12,16,18,24H,3-8,10,13-14H2. The molecule has 0 amide bonds. The van der Waals surface area contributed by atoms with Crippen LogP contribution in [0.1, 0.15) is 30.1 Å². The Morgan fingerprint density at radius 3 is 2.84 bits per heavy atom. The van der Waals surface area contributed by atoms with Crippen molar-refractivity contribution in [2.24, 2.45) is 0 Å². The number of hydrogen-bond acceptors (Lipinski definition) is 7. The maximum Gasteiger partial charge on any atom is 0.270 e. The SMILES string of the molecule is O=c1cnc2ccc(=O)n3c2n1CC3CN1CCC(NCc2cc3c(cn2)OCC3)CC1. The van der Waals surface area contributed by atoms with Crippen molar-refractivity contribution in [2.75, 3.05) is 26.2 Å². The van der Waals surface area contributed by atoms with E-state index in [2.05, 4.69) is 26.3 Å². The molecule has 3 aliphatic rings. The Bertz CT molecular complexity index is 1290. The van der Waals surface area contributed by atoms with E-state index in [9.17, 15) is 9.59 Å². The summed E-state index contributed by atoms with van der Waals surface area (Å²) < 4.78 is 8.99. The van der Waals surface area contributed by atoms with Crippen molar-refractivity contribution in [2.45, 2.75) is 44.4 Å². The minimum Gasteiger partial charge on any atom is -0.491 e. The molecule has 9 heteroatoms. The quantitative estimate of drug-likeness (QED) is 0.632. The molecular weight excluding hydrogens is 408 g/mol. The average molecular weight is 435 g/mol. The molecule has 166 valence electrons.